The van der Waals surface area contributed by atoms with E-state index in [0.29, 0.717) is 20.9 Å². The first-order chi connectivity index (χ1) is 9.16. The van der Waals surface area contributed by atoms with Crippen LogP contribution in [0.1, 0.15) is 0 Å². The van der Waals surface area contributed by atoms with E-state index in [1.54, 1.807) is 18.2 Å². The summed E-state index contributed by atoms with van der Waals surface area (Å²) < 4.78 is 0.703. The molecule has 19 heavy (non-hydrogen) atoms. The van der Waals surface area contributed by atoms with Gasteiger partial charge in [0.1, 0.15) is 0 Å². The van der Waals surface area contributed by atoms with Crippen LogP contribution in [0.4, 0.5) is 5.69 Å². The molecule has 2 aromatic carbocycles. The minimum absolute atomic E-state index is 0.0585. The van der Waals surface area contributed by atoms with Gasteiger partial charge in [-0.3, -0.25) is 4.79 Å². The molecular formula is C14H11BrClNOS. The van der Waals surface area contributed by atoms with Gasteiger partial charge in [0, 0.05) is 4.90 Å². The highest BCUT2D eigenvalue weighted by Gasteiger charge is 2.08. The Labute approximate surface area is 129 Å². The van der Waals surface area contributed by atoms with Crippen LogP contribution in [-0.4, -0.2) is 11.7 Å². The molecule has 0 bridgehead atoms. The third-order valence-electron chi connectivity index (χ3n) is 2.34. The lowest BCUT2D eigenvalue weighted by Gasteiger charge is -2.08. The molecule has 0 atom stereocenters. The predicted octanol–water partition coefficient (Wildman–Crippen LogP) is 4.83. The van der Waals surface area contributed by atoms with Crippen LogP contribution in [0.2, 0.25) is 5.02 Å². The van der Waals surface area contributed by atoms with Gasteiger partial charge in [-0.1, -0.05) is 35.9 Å². The van der Waals surface area contributed by atoms with Gasteiger partial charge < -0.3 is 5.32 Å². The Morgan fingerprint density at radius 3 is 2.63 bits per heavy atom. The predicted molar refractivity (Wildman–Crippen MR) is 84.9 cm³/mol. The summed E-state index contributed by atoms with van der Waals surface area (Å²) >= 11 is 10.8. The zero-order chi connectivity index (χ0) is 13.7. The van der Waals surface area contributed by atoms with E-state index in [-0.39, 0.29) is 5.91 Å². The second kappa shape index (κ2) is 6.98. The molecule has 2 nitrogen and oxygen atoms in total. The molecular weight excluding hydrogens is 346 g/mol. The Kier molecular flexibility index (Phi) is 5.31. The van der Waals surface area contributed by atoms with Crippen molar-refractivity contribution >= 4 is 50.9 Å². The third-order valence-corrected chi connectivity index (χ3v) is 4.75. The normalized spacial score (nSPS) is 10.2. The fourth-order valence-electron chi connectivity index (χ4n) is 1.45. The first-order valence-electron chi connectivity index (χ1n) is 5.58. The molecule has 1 N–H and O–H groups in total. The van der Waals surface area contributed by atoms with E-state index in [9.17, 15) is 4.79 Å². The van der Waals surface area contributed by atoms with Crippen LogP contribution >= 0.6 is 39.3 Å². The summed E-state index contributed by atoms with van der Waals surface area (Å²) in [6.45, 7) is 0. The molecule has 0 spiro atoms. The highest BCUT2D eigenvalue weighted by molar-refractivity contribution is 9.10. The van der Waals surface area contributed by atoms with Crippen molar-refractivity contribution in [1.29, 1.82) is 0 Å². The van der Waals surface area contributed by atoms with Crippen LogP contribution in [0.3, 0.4) is 0 Å². The van der Waals surface area contributed by atoms with Crippen molar-refractivity contribution in [3.8, 4) is 0 Å². The maximum absolute atomic E-state index is 11.9. The summed E-state index contributed by atoms with van der Waals surface area (Å²) in [6.07, 6.45) is 0. The summed E-state index contributed by atoms with van der Waals surface area (Å²) in [5.41, 5.74) is 0.686. The fraction of sp³-hybridized carbons (Fsp3) is 0.0714. The van der Waals surface area contributed by atoms with E-state index in [0.717, 1.165) is 4.90 Å². The third kappa shape index (κ3) is 4.27. The molecule has 0 radical (unpaired) electrons. The largest absolute Gasteiger partial charge is 0.324 e. The van der Waals surface area contributed by atoms with Crippen molar-refractivity contribution in [2.75, 3.05) is 11.1 Å². The number of anilines is 1. The SMILES string of the molecule is O=C(CSc1ccccc1)Nc1cccc(Cl)c1Br. The van der Waals surface area contributed by atoms with Gasteiger partial charge in [0.15, 0.2) is 0 Å². The summed E-state index contributed by atoms with van der Waals surface area (Å²) in [6, 6.07) is 15.2. The smallest absolute Gasteiger partial charge is 0.234 e. The number of hydrogen-bond acceptors (Lipinski definition) is 2. The van der Waals surface area contributed by atoms with E-state index >= 15 is 0 Å². The fourth-order valence-corrected chi connectivity index (χ4v) is 2.71. The maximum atomic E-state index is 11.9. The first-order valence-corrected chi connectivity index (χ1v) is 7.74. The highest BCUT2D eigenvalue weighted by Crippen LogP contribution is 2.30. The molecule has 2 aromatic rings. The van der Waals surface area contributed by atoms with Gasteiger partial charge in [-0.15, -0.1) is 11.8 Å². The molecule has 0 aliphatic carbocycles. The number of nitrogens with one attached hydrogen (secondary N) is 1. The van der Waals surface area contributed by atoms with E-state index in [1.807, 2.05) is 30.3 Å². The van der Waals surface area contributed by atoms with Crippen molar-refractivity contribution < 1.29 is 4.79 Å². The zero-order valence-electron chi connectivity index (χ0n) is 9.90. The topological polar surface area (TPSA) is 29.1 Å². The Hall–Kier alpha value is -0.970. The number of halogens is 2. The van der Waals surface area contributed by atoms with E-state index in [2.05, 4.69) is 21.2 Å². The number of carbonyl (C=O) groups is 1. The lowest BCUT2D eigenvalue weighted by Crippen LogP contribution is -2.14. The standard InChI is InChI=1S/C14H11BrClNOS/c15-14-11(16)7-4-8-12(14)17-13(18)9-19-10-5-2-1-3-6-10/h1-8H,9H2,(H,17,18). The molecule has 0 aliphatic heterocycles. The van der Waals surface area contributed by atoms with Gasteiger partial charge in [0.2, 0.25) is 5.91 Å². The van der Waals surface area contributed by atoms with Gasteiger partial charge in [0.25, 0.3) is 0 Å². The van der Waals surface area contributed by atoms with Crippen molar-refractivity contribution in [1.82, 2.24) is 0 Å². The Balaban J connectivity index is 1.93. The number of thioether (sulfide) groups is 1. The van der Waals surface area contributed by atoms with Crippen LogP contribution in [0.15, 0.2) is 57.9 Å². The van der Waals surface area contributed by atoms with E-state index in [4.69, 9.17) is 11.6 Å². The molecule has 0 unspecified atom stereocenters. The lowest BCUT2D eigenvalue weighted by molar-refractivity contribution is -0.113. The van der Waals surface area contributed by atoms with Gasteiger partial charge in [0.05, 0.1) is 20.9 Å². The van der Waals surface area contributed by atoms with Gasteiger partial charge in [-0.2, -0.15) is 0 Å². The summed E-state index contributed by atoms with van der Waals surface area (Å²) in [5.74, 6) is 0.306. The minimum Gasteiger partial charge on any atom is -0.324 e. The second-order valence-corrected chi connectivity index (χ2v) is 6.00. The molecule has 2 rings (SSSR count). The van der Waals surface area contributed by atoms with Crippen LogP contribution in [-0.2, 0) is 4.79 Å². The molecule has 0 aromatic heterocycles. The van der Waals surface area contributed by atoms with Crippen molar-refractivity contribution in [2.24, 2.45) is 0 Å². The van der Waals surface area contributed by atoms with Crippen LogP contribution < -0.4 is 5.32 Å². The average Bonchev–Trinajstić information content (AvgIpc) is 2.43. The molecule has 1 amide bonds. The van der Waals surface area contributed by atoms with Crippen molar-refractivity contribution in [2.45, 2.75) is 4.90 Å². The Morgan fingerprint density at radius 2 is 1.89 bits per heavy atom. The zero-order valence-corrected chi connectivity index (χ0v) is 13.1. The number of amides is 1. The minimum atomic E-state index is -0.0585. The van der Waals surface area contributed by atoms with E-state index in [1.165, 1.54) is 11.8 Å². The number of benzene rings is 2. The molecule has 0 heterocycles. The van der Waals surface area contributed by atoms with Crippen molar-refractivity contribution in [3.63, 3.8) is 0 Å². The Morgan fingerprint density at radius 1 is 1.16 bits per heavy atom. The molecule has 0 saturated carbocycles. The summed E-state index contributed by atoms with van der Waals surface area (Å²) in [4.78, 5) is 12.9. The molecule has 0 saturated heterocycles. The summed E-state index contributed by atoms with van der Waals surface area (Å²) in [5, 5.41) is 3.41. The second-order valence-electron chi connectivity index (χ2n) is 3.75. The quantitative estimate of drug-likeness (QED) is 0.795. The van der Waals surface area contributed by atoms with Gasteiger partial charge in [-0.25, -0.2) is 0 Å². The van der Waals surface area contributed by atoms with Gasteiger partial charge >= 0.3 is 0 Å². The monoisotopic (exact) mass is 355 g/mol. The van der Waals surface area contributed by atoms with Gasteiger partial charge in [-0.05, 0) is 40.2 Å². The summed E-state index contributed by atoms with van der Waals surface area (Å²) in [7, 11) is 0. The molecule has 0 aliphatic rings. The van der Waals surface area contributed by atoms with Crippen LogP contribution in [0.5, 0.6) is 0 Å². The number of hydrogen-bond donors (Lipinski definition) is 1. The molecule has 98 valence electrons. The number of rotatable bonds is 4. The first kappa shape index (κ1) is 14.4. The van der Waals surface area contributed by atoms with Crippen LogP contribution in [0.25, 0.3) is 0 Å². The number of carbonyl (C=O) groups excluding carboxylic acids is 1. The van der Waals surface area contributed by atoms with Crippen LogP contribution in [0, 0.1) is 0 Å². The Bertz CT molecular complexity index is 577. The average molecular weight is 357 g/mol. The maximum Gasteiger partial charge on any atom is 0.234 e. The lowest BCUT2D eigenvalue weighted by atomic mass is 10.3. The van der Waals surface area contributed by atoms with Crippen molar-refractivity contribution in [3.05, 3.63) is 58.0 Å². The molecule has 0 fully saturated rings. The van der Waals surface area contributed by atoms with E-state index < -0.39 is 0 Å². The highest BCUT2D eigenvalue weighted by atomic mass is 79.9. The molecule has 5 heteroatoms.